The molecule has 0 aromatic heterocycles. The predicted molar refractivity (Wildman–Crippen MR) is 70.8 cm³/mol. The summed E-state index contributed by atoms with van der Waals surface area (Å²) < 4.78 is 39.7. The van der Waals surface area contributed by atoms with Gasteiger partial charge in [0.15, 0.2) is 0 Å². The van der Waals surface area contributed by atoms with Gasteiger partial charge in [-0.05, 0) is 19.4 Å². The minimum atomic E-state index is -5.19. The summed E-state index contributed by atoms with van der Waals surface area (Å²) in [6.45, 7) is 2.74. The number of aryl methyl sites for hydroxylation is 1. The first-order valence-corrected chi connectivity index (χ1v) is 6.51. The number of carbonyl (C=O) groups excluding carboxylic acids is 2. The molecule has 3 N–H and O–H groups in total. The van der Waals surface area contributed by atoms with Gasteiger partial charge < -0.3 is 15.7 Å². The highest BCUT2D eigenvalue weighted by molar-refractivity contribution is 5.86. The number of amides is 2. The van der Waals surface area contributed by atoms with E-state index in [1.54, 1.807) is 19.1 Å². The maximum atomic E-state index is 13.2. The van der Waals surface area contributed by atoms with Crippen molar-refractivity contribution in [1.82, 2.24) is 10.6 Å². The quantitative estimate of drug-likeness (QED) is 0.778. The Morgan fingerprint density at radius 3 is 2.27 bits per heavy atom. The fraction of sp³-hybridized carbons (Fsp3) is 0.429. The van der Waals surface area contributed by atoms with E-state index < -0.39 is 35.7 Å². The monoisotopic (exact) mass is 316 g/mol. The Bertz CT molecular complexity index is 600. The zero-order chi connectivity index (χ0) is 16.7. The lowest BCUT2D eigenvalue weighted by Gasteiger charge is -2.44. The van der Waals surface area contributed by atoms with Crippen LogP contribution in [0.4, 0.5) is 18.0 Å². The summed E-state index contributed by atoms with van der Waals surface area (Å²) in [6.07, 6.45) is -5.19. The summed E-state index contributed by atoms with van der Waals surface area (Å²) in [5, 5.41) is 13.7. The molecule has 1 fully saturated rings. The molecule has 2 amide bonds. The molecule has 0 spiro atoms. The van der Waals surface area contributed by atoms with Crippen LogP contribution in [0.5, 0.6) is 0 Å². The SMILES string of the molecule is CC(=O)[C@@H]1[C@@H](c2ccc(C)cc2)NC(=O)N[C@@]1(O)C(F)(F)F. The summed E-state index contributed by atoms with van der Waals surface area (Å²) >= 11 is 0. The van der Waals surface area contributed by atoms with Crippen LogP contribution >= 0.6 is 0 Å². The standard InChI is InChI=1S/C14H15F3N2O3/c1-7-3-5-9(6-4-7)11-10(8(2)20)13(22,14(15,16)17)19-12(21)18-11/h3-6,10-11,22H,1-2H3,(H2,18,19,21)/t10-,11-,13+/m1/s1. The van der Waals surface area contributed by atoms with E-state index in [2.05, 4.69) is 5.32 Å². The van der Waals surface area contributed by atoms with E-state index in [0.29, 0.717) is 5.56 Å². The van der Waals surface area contributed by atoms with Gasteiger partial charge in [0, 0.05) is 0 Å². The Labute approximate surface area is 124 Å². The largest absolute Gasteiger partial charge is 0.437 e. The van der Waals surface area contributed by atoms with Crippen LogP contribution in [0.15, 0.2) is 24.3 Å². The molecule has 2 rings (SSSR count). The summed E-state index contributed by atoms with van der Waals surface area (Å²) in [5.74, 6) is -2.79. The van der Waals surface area contributed by atoms with E-state index in [0.717, 1.165) is 12.5 Å². The average Bonchev–Trinajstić information content (AvgIpc) is 2.36. The van der Waals surface area contributed by atoms with E-state index in [-0.39, 0.29) is 0 Å². The number of hydrogen-bond acceptors (Lipinski definition) is 3. The highest BCUT2D eigenvalue weighted by Crippen LogP contribution is 2.42. The molecule has 1 saturated heterocycles. The van der Waals surface area contributed by atoms with Gasteiger partial charge in [-0.2, -0.15) is 13.2 Å². The second-order valence-electron chi connectivity index (χ2n) is 5.34. The topological polar surface area (TPSA) is 78.4 Å². The normalized spacial score (nSPS) is 28.7. The van der Waals surface area contributed by atoms with Crippen LogP contribution in [0.1, 0.15) is 24.1 Å². The molecule has 1 aromatic carbocycles. The number of alkyl halides is 3. The molecular formula is C14H15F3N2O3. The van der Waals surface area contributed by atoms with Gasteiger partial charge >= 0.3 is 12.2 Å². The van der Waals surface area contributed by atoms with Crippen molar-refractivity contribution in [2.45, 2.75) is 31.8 Å². The number of ketones is 1. The molecule has 0 bridgehead atoms. The second-order valence-corrected chi connectivity index (χ2v) is 5.34. The number of Topliss-reactive ketones (excluding diaryl/α,β-unsaturated/α-hetero) is 1. The Morgan fingerprint density at radius 2 is 1.82 bits per heavy atom. The minimum absolute atomic E-state index is 0.309. The third-order valence-electron chi connectivity index (χ3n) is 3.68. The highest BCUT2D eigenvalue weighted by atomic mass is 19.4. The number of rotatable bonds is 2. The lowest BCUT2D eigenvalue weighted by molar-refractivity contribution is -0.290. The number of halogens is 3. The smallest absolute Gasteiger partial charge is 0.363 e. The first kappa shape index (κ1) is 16.3. The summed E-state index contributed by atoms with van der Waals surface area (Å²) in [6, 6.07) is 3.85. The Hall–Kier alpha value is -2.09. The Balaban J connectivity index is 2.54. The van der Waals surface area contributed by atoms with Gasteiger partial charge in [0.25, 0.3) is 0 Å². The number of carbonyl (C=O) groups is 2. The lowest BCUT2D eigenvalue weighted by Crippen LogP contribution is -2.72. The molecule has 1 aliphatic rings. The molecule has 1 aliphatic heterocycles. The first-order valence-electron chi connectivity index (χ1n) is 6.51. The fourth-order valence-corrected chi connectivity index (χ4v) is 2.58. The van der Waals surface area contributed by atoms with Gasteiger partial charge in [-0.3, -0.25) is 4.79 Å². The number of nitrogens with one attached hydrogen (secondary N) is 2. The average molecular weight is 316 g/mol. The van der Waals surface area contributed by atoms with Crippen LogP contribution in [0.2, 0.25) is 0 Å². The van der Waals surface area contributed by atoms with Crippen molar-refractivity contribution in [2.24, 2.45) is 5.92 Å². The van der Waals surface area contributed by atoms with Gasteiger partial charge in [0.05, 0.1) is 12.0 Å². The van der Waals surface area contributed by atoms with E-state index in [9.17, 15) is 27.9 Å². The van der Waals surface area contributed by atoms with Crippen LogP contribution in [0.3, 0.4) is 0 Å². The van der Waals surface area contributed by atoms with Crippen LogP contribution in [0, 0.1) is 12.8 Å². The molecule has 120 valence electrons. The van der Waals surface area contributed by atoms with Crippen LogP contribution in [-0.4, -0.2) is 28.8 Å². The zero-order valence-corrected chi connectivity index (χ0v) is 11.9. The third-order valence-corrected chi connectivity index (χ3v) is 3.68. The van der Waals surface area contributed by atoms with Gasteiger partial charge in [-0.1, -0.05) is 29.8 Å². The summed E-state index contributed by atoms with van der Waals surface area (Å²) in [7, 11) is 0. The van der Waals surface area contributed by atoms with Crippen molar-refractivity contribution < 1.29 is 27.9 Å². The molecule has 0 unspecified atom stereocenters. The van der Waals surface area contributed by atoms with Crippen molar-refractivity contribution in [1.29, 1.82) is 0 Å². The number of hydrogen-bond donors (Lipinski definition) is 3. The van der Waals surface area contributed by atoms with E-state index in [4.69, 9.17) is 0 Å². The fourth-order valence-electron chi connectivity index (χ4n) is 2.58. The van der Waals surface area contributed by atoms with Crippen molar-refractivity contribution in [3.8, 4) is 0 Å². The molecule has 0 radical (unpaired) electrons. The second kappa shape index (κ2) is 5.28. The van der Waals surface area contributed by atoms with E-state index in [1.165, 1.54) is 17.4 Å². The number of urea groups is 1. The lowest BCUT2D eigenvalue weighted by atomic mass is 9.79. The van der Waals surface area contributed by atoms with Crippen molar-refractivity contribution >= 4 is 11.8 Å². The minimum Gasteiger partial charge on any atom is -0.363 e. The van der Waals surface area contributed by atoms with Crippen LogP contribution < -0.4 is 10.6 Å². The van der Waals surface area contributed by atoms with Gasteiger partial charge in [0.2, 0.25) is 5.72 Å². The van der Waals surface area contributed by atoms with E-state index >= 15 is 0 Å². The maximum absolute atomic E-state index is 13.2. The highest BCUT2D eigenvalue weighted by Gasteiger charge is 2.65. The molecule has 1 aromatic rings. The Morgan fingerprint density at radius 1 is 1.27 bits per heavy atom. The van der Waals surface area contributed by atoms with Gasteiger partial charge in [-0.25, -0.2) is 4.79 Å². The zero-order valence-electron chi connectivity index (χ0n) is 11.9. The van der Waals surface area contributed by atoms with Crippen molar-refractivity contribution in [3.63, 3.8) is 0 Å². The summed E-state index contributed by atoms with van der Waals surface area (Å²) in [4.78, 5) is 23.3. The number of aliphatic hydroxyl groups is 1. The predicted octanol–water partition coefficient (Wildman–Crippen LogP) is 1.81. The maximum Gasteiger partial charge on any atom is 0.437 e. The number of benzene rings is 1. The summed E-state index contributed by atoms with van der Waals surface area (Å²) in [5.41, 5.74) is -2.44. The first-order chi connectivity index (χ1) is 10.1. The molecular weight excluding hydrogens is 301 g/mol. The molecule has 3 atom stereocenters. The van der Waals surface area contributed by atoms with Gasteiger partial charge in [-0.15, -0.1) is 0 Å². The molecule has 1 heterocycles. The van der Waals surface area contributed by atoms with Gasteiger partial charge in [0.1, 0.15) is 5.78 Å². The Kier molecular flexibility index (Phi) is 3.90. The molecule has 22 heavy (non-hydrogen) atoms. The van der Waals surface area contributed by atoms with E-state index in [1.807, 2.05) is 0 Å². The van der Waals surface area contributed by atoms with Crippen molar-refractivity contribution in [3.05, 3.63) is 35.4 Å². The van der Waals surface area contributed by atoms with Crippen molar-refractivity contribution in [2.75, 3.05) is 0 Å². The molecule has 5 nitrogen and oxygen atoms in total. The van der Waals surface area contributed by atoms with Crippen LogP contribution in [0.25, 0.3) is 0 Å². The molecule has 8 heteroatoms. The van der Waals surface area contributed by atoms with Crippen LogP contribution in [-0.2, 0) is 4.79 Å². The molecule has 0 aliphatic carbocycles. The molecule has 0 saturated carbocycles. The third kappa shape index (κ3) is 2.66.